The lowest BCUT2D eigenvalue weighted by molar-refractivity contribution is -0.142. The topological polar surface area (TPSA) is 43.8 Å². The van der Waals surface area contributed by atoms with E-state index >= 15 is 0 Å². The number of likely N-dealkylation sites (tertiary alicyclic amines) is 1. The van der Waals surface area contributed by atoms with Crippen LogP contribution in [0.4, 0.5) is 14.5 Å². The molecule has 3 rings (SSSR count). The van der Waals surface area contributed by atoms with Gasteiger partial charge in [0.2, 0.25) is 0 Å². The monoisotopic (exact) mass is 268 g/mol. The van der Waals surface area contributed by atoms with Crippen molar-refractivity contribution in [2.45, 2.75) is 0 Å². The third-order valence-electron chi connectivity index (χ3n) is 3.74. The van der Waals surface area contributed by atoms with Crippen LogP contribution in [0.2, 0.25) is 0 Å². The zero-order chi connectivity index (χ0) is 13.6. The Morgan fingerprint density at radius 2 is 1.74 bits per heavy atom. The SMILES string of the molecule is O=C(O)CN1CC2(C1)CN(c1cc(F)cc(F)c1)C2. The molecule has 1 N–H and O–H groups in total. The molecule has 0 radical (unpaired) electrons. The summed E-state index contributed by atoms with van der Waals surface area (Å²) in [7, 11) is 0. The molecule has 0 unspecified atom stereocenters. The quantitative estimate of drug-likeness (QED) is 0.893. The van der Waals surface area contributed by atoms with Crippen molar-refractivity contribution in [2.75, 3.05) is 37.6 Å². The van der Waals surface area contributed by atoms with Crippen molar-refractivity contribution in [3.05, 3.63) is 29.8 Å². The van der Waals surface area contributed by atoms with Crippen molar-refractivity contribution >= 4 is 11.7 Å². The Morgan fingerprint density at radius 3 is 2.26 bits per heavy atom. The highest BCUT2D eigenvalue weighted by Crippen LogP contribution is 2.41. The summed E-state index contributed by atoms with van der Waals surface area (Å²) < 4.78 is 26.2. The van der Waals surface area contributed by atoms with Gasteiger partial charge < -0.3 is 10.0 Å². The van der Waals surface area contributed by atoms with Crippen LogP contribution in [-0.4, -0.2) is 48.7 Å². The maximum absolute atomic E-state index is 13.1. The summed E-state index contributed by atoms with van der Waals surface area (Å²) in [4.78, 5) is 14.3. The molecular formula is C13H14F2N2O2. The maximum Gasteiger partial charge on any atom is 0.317 e. The van der Waals surface area contributed by atoms with E-state index in [1.54, 1.807) is 0 Å². The summed E-state index contributed by atoms with van der Waals surface area (Å²) in [6, 6.07) is 3.50. The van der Waals surface area contributed by atoms with E-state index in [2.05, 4.69) is 0 Å². The fourth-order valence-corrected chi connectivity index (χ4v) is 3.07. The molecule has 1 aromatic rings. The molecule has 2 heterocycles. The summed E-state index contributed by atoms with van der Waals surface area (Å²) >= 11 is 0. The van der Waals surface area contributed by atoms with Crippen LogP contribution in [0.15, 0.2) is 18.2 Å². The highest BCUT2D eigenvalue weighted by Gasteiger charge is 2.51. The number of aliphatic carboxylic acids is 1. The Labute approximate surface area is 109 Å². The molecule has 2 fully saturated rings. The third-order valence-corrected chi connectivity index (χ3v) is 3.74. The first-order valence-electron chi connectivity index (χ1n) is 6.11. The van der Waals surface area contributed by atoms with Gasteiger partial charge in [0, 0.05) is 43.3 Å². The lowest BCUT2D eigenvalue weighted by Crippen LogP contribution is -2.72. The minimum atomic E-state index is -0.821. The van der Waals surface area contributed by atoms with E-state index in [4.69, 9.17) is 5.11 Å². The van der Waals surface area contributed by atoms with Crippen molar-refractivity contribution in [3.8, 4) is 0 Å². The van der Waals surface area contributed by atoms with Gasteiger partial charge in [-0.1, -0.05) is 0 Å². The van der Waals surface area contributed by atoms with E-state index in [0.29, 0.717) is 5.69 Å². The molecule has 19 heavy (non-hydrogen) atoms. The maximum atomic E-state index is 13.1. The number of hydrogen-bond acceptors (Lipinski definition) is 3. The number of carboxylic acid groups (broad SMARTS) is 1. The van der Waals surface area contributed by atoms with Gasteiger partial charge in [-0.05, 0) is 12.1 Å². The number of carboxylic acids is 1. The van der Waals surface area contributed by atoms with E-state index in [0.717, 1.165) is 32.2 Å². The van der Waals surface area contributed by atoms with Crippen LogP contribution in [0.5, 0.6) is 0 Å². The second-order valence-corrected chi connectivity index (χ2v) is 5.52. The van der Waals surface area contributed by atoms with Crippen LogP contribution >= 0.6 is 0 Å². The number of anilines is 1. The molecule has 0 atom stereocenters. The van der Waals surface area contributed by atoms with Gasteiger partial charge in [0.05, 0.1) is 6.54 Å². The Balaban J connectivity index is 1.57. The van der Waals surface area contributed by atoms with Crippen LogP contribution in [0.25, 0.3) is 0 Å². The Bertz CT molecular complexity index is 501. The number of benzene rings is 1. The first kappa shape index (κ1) is 12.3. The molecule has 0 amide bonds. The van der Waals surface area contributed by atoms with Crippen molar-refractivity contribution in [1.82, 2.24) is 4.90 Å². The molecule has 4 nitrogen and oxygen atoms in total. The average Bonchev–Trinajstić information content (AvgIpc) is 2.17. The second kappa shape index (κ2) is 4.16. The van der Waals surface area contributed by atoms with E-state index in [1.165, 1.54) is 12.1 Å². The first-order chi connectivity index (χ1) is 8.96. The van der Waals surface area contributed by atoms with E-state index < -0.39 is 17.6 Å². The molecule has 2 aliphatic rings. The molecule has 1 spiro atoms. The summed E-state index contributed by atoms with van der Waals surface area (Å²) in [5.41, 5.74) is 0.665. The van der Waals surface area contributed by atoms with Crippen LogP contribution in [0, 0.1) is 17.0 Å². The largest absolute Gasteiger partial charge is 0.480 e. The van der Waals surface area contributed by atoms with E-state index in [9.17, 15) is 13.6 Å². The predicted octanol–water partition coefficient (Wildman–Crippen LogP) is 1.17. The average molecular weight is 268 g/mol. The van der Waals surface area contributed by atoms with Gasteiger partial charge in [-0.25, -0.2) is 8.78 Å². The second-order valence-electron chi connectivity index (χ2n) is 5.52. The minimum absolute atomic E-state index is 0.0658. The molecule has 2 aliphatic heterocycles. The van der Waals surface area contributed by atoms with Gasteiger partial charge in [0.1, 0.15) is 11.6 Å². The standard InChI is InChI=1S/C13H14F2N2O2/c14-9-1-10(15)3-11(2-9)17-7-13(8-17)5-16(6-13)4-12(18)19/h1-3H,4-8H2,(H,18,19). The highest BCUT2D eigenvalue weighted by atomic mass is 19.1. The van der Waals surface area contributed by atoms with Crippen molar-refractivity contribution < 1.29 is 18.7 Å². The fourth-order valence-electron chi connectivity index (χ4n) is 3.07. The van der Waals surface area contributed by atoms with Gasteiger partial charge >= 0.3 is 5.97 Å². The first-order valence-corrected chi connectivity index (χ1v) is 6.11. The van der Waals surface area contributed by atoms with Gasteiger partial charge in [-0.3, -0.25) is 9.69 Å². The molecule has 0 aromatic heterocycles. The lowest BCUT2D eigenvalue weighted by atomic mass is 9.72. The van der Waals surface area contributed by atoms with E-state index in [1.807, 2.05) is 9.80 Å². The lowest BCUT2D eigenvalue weighted by Gasteiger charge is -2.60. The zero-order valence-corrected chi connectivity index (χ0v) is 10.3. The molecule has 2 saturated heterocycles. The Kier molecular flexibility index (Phi) is 2.70. The van der Waals surface area contributed by atoms with Crippen LogP contribution < -0.4 is 4.90 Å². The van der Waals surface area contributed by atoms with E-state index in [-0.39, 0.29) is 12.0 Å². The molecule has 0 bridgehead atoms. The number of carbonyl (C=O) groups is 1. The van der Waals surface area contributed by atoms with Crippen molar-refractivity contribution in [3.63, 3.8) is 0 Å². The summed E-state index contributed by atoms with van der Waals surface area (Å²) in [6.45, 7) is 3.01. The van der Waals surface area contributed by atoms with Crippen LogP contribution in [0.3, 0.4) is 0 Å². The van der Waals surface area contributed by atoms with Gasteiger partial charge in [-0.15, -0.1) is 0 Å². The van der Waals surface area contributed by atoms with Crippen LogP contribution in [0.1, 0.15) is 0 Å². The third kappa shape index (κ3) is 2.28. The summed E-state index contributed by atoms with van der Waals surface area (Å²) in [5.74, 6) is -1.97. The molecule has 1 aromatic carbocycles. The zero-order valence-electron chi connectivity index (χ0n) is 10.3. The molecule has 6 heteroatoms. The summed E-state index contributed by atoms with van der Waals surface area (Å²) in [5, 5.41) is 8.67. The van der Waals surface area contributed by atoms with Crippen LogP contribution in [-0.2, 0) is 4.79 Å². The number of rotatable bonds is 3. The van der Waals surface area contributed by atoms with Gasteiger partial charge in [0.25, 0.3) is 0 Å². The Morgan fingerprint density at radius 1 is 1.16 bits per heavy atom. The molecule has 102 valence electrons. The van der Waals surface area contributed by atoms with Gasteiger partial charge in [0.15, 0.2) is 0 Å². The number of hydrogen-bond donors (Lipinski definition) is 1. The smallest absolute Gasteiger partial charge is 0.317 e. The predicted molar refractivity (Wildman–Crippen MR) is 65.1 cm³/mol. The molecule has 0 saturated carbocycles. The minimum Gasteiger partial charge on any atom is -0.480 e. The normalized spacial score (nSPS) is 21.1. The molecular weight excluding hydrogens is 254 g/mol. The summed E-state index contributed by atoms with van der Waals surface area (Å²) in [6.07, 6.45) is 0. The fraction of sp³-hybridized carbons (Fsp3) is 0.462. The van der Waals surface area contributed by atoms with Crippen molar-refractivity contribution in [2.24, 2.45) is 5.41 Å². The Hall–Kier alpha value is -1.69. The number of halogens is 2. The molecule has 0 aliphatic carbocycles. The number of nitrogens with zero attached hydrogens (tertiary/aromatic N) is 2. The highest BCUT2D eigenvalue weighted by molar-refractivity contribution is 5.69. The van der Waals surface area contributed by atoms with Gasteiger partial charge in [-0.2, -0.15) is 0 Å². The van der Waals surface area contributed by atoms with Crippen molar-refractivity contribution in [1.29, 1.82) is 0 Å².